The molecule has 2 unspecified atom stereocenters. The van der Waals surface area contributed by atoms with Crippen molar-refractivity contribution in [2.75, 3.05) is 0 Å². The van der Waals surface area contributed by atoms with Gasteiger partial charge in [-0.2, -0.15) is 0 Å². The molecule has 5 heteroatoms. The standard InChI is InChI=1S/C11H17NO4/c1-8(16-9(2)13)11(12(14)15)10-6-4-3-5-7-10/h6,8,11H,3-5,7H2,1-2H3. The van der Waals surface area contributed by atoms with Crippen LogP contribution in [0.1, 0.15) is 39.5 Å². The molecule has 0 aromatic carbocycles. The van der Waals surface area contributed by atoms with Crippen molar-refractivity contribution in [3.63, 3.8) is 0 Å². The molecule has 0 saturated heterocycles. The highest BCUT2D eigenvalue weighted by Gasteiger charge is 2.34. The summed E-state index contributed by atoms with van der Waals surface area (Å²) in [5, 5.41) is 11.0. The summed E-state index contributed by atoms with van der Waals surface area (Å²) in [5.41, 5.74) is 0.796. The first-order valence-electron chi connectivity index (χ1n) is 5.52. The molecule has 0 bridgehead atoms. The van der Waals surface area contributed by atoms with Crippen LogP contribution < -0.4 is 0 Å². The van der Waals surface area contributed by atoms with Gasteiger partial charge in [-0.1, -0.05) is 6.08 Å². The number of rotatable bonds is 4. The smallest absolute Gasteiger partial charge is 0.303 e. The van der Waals surface area contributed by atoms with Crippen LogP contribution in [0.25, 0.3) is 0 Å². The maximum atomic E-state index is 11.0. The van der Waals surface area contributed by atoms with Gasteiger partial charge in [0.2, 0.25) is 0 Å². The van der Waals surface area contributed by atoms with Gasteiger partial charge in [0.1, 0.15) is 0 Å². The maximum Gasteiger partial charge on any atom is 0.303 e. The number of allylic oxidation sites excluding steroid dienone is 1. The Hall–Kier alpha value is -1.39. The molecule has 0 amide bonds. The number of carbonyl (C=O) groups excluding carboxylic acids is 1. The van der Waals surface area contributed by atoms with Gasteiger partial charge < -0.3 is 4.74 Å². The second-order valence-electron chi connectivity index (χ2n) is 4.07. The second-order valence-corrected chi connectivity index (χ2v) is 4.07. The molecule has 90 valence electrons. The van der Waals surface area contributed by atoms with Crippen LogP contribution in [-0.2, 0) is 9.53 Å². The molecule has 0 aliphatic heterocycles. The number of nitrogens with zero attached hydrogens (tertiary/aromatic N) is 1. The van der Waals surface area contributed by atoms with E-state index in [-0.39, 0.29) is 4.92 Å². The lowest BCUT2D eigenvalue weighted by Gasteiger charge is -2.21. The molecule has 1 rings (SSSR count). The SMILES string of the molecule is CC(=O)OC(C)C(C1=CCCCC1)[N+](=O)[O-]. The van der Waals surface area contributed by atoms with Gasteiger partial charge in [0.15, 0.2) is 6.10 Å². The largest absolute Gasteiger partial charge is 0.455 e. The van der Waals surface area contributed by atoms with Gasteiger partial charge in [0.25, 0.3) is 6.04 Å². The molecule has 2 atom stereocenters. The maximum absolute atomic E-state index is 11.0. The molecule has 0 radical (unpaired) electrons. The third-order valence-corrected chi connectivity index (χ3v) is 2.73. The summed E-state index contributed by atoms with van der Waals surface area (Å²) in [4.78, 5) is 21.4. The minimum absolute atomic E-state index is 0.356. The summed E-state index contributed by atoms with van der Waals surface area (Å²) in [7, 11) is 0. The summed E-state index contributed by atoms with van der Waals surface area (Å²) in [6.45, 7) is 2.84. The van der Waals surface area contributed by atoms with E-state index >= 15 is 0 Å². The van der Waals surface area contributed by atoms with Gasteiger partial charge >= 0.3 is 5.97 Å². The van der Waals surface area contributed by atoms with Crippen molar-refractivity contribution in [3.05, 3.63) is 21.8 Å². The zero-order valence-corrected chi connectivity index (χ0v) is 9.64. The molecule has 0 N–H and O–H groups in total. The van der Waals surface area contributed by atoms with Gasteiger partial charge in [-0.15, -0.1) is 0 Å². The minimum atomic E-state index is -0.885. The van der Waals surface area contributed by atoms with Crippen molar-refractivity contribution in [1.82, 2.24) is 0 Å². The summed E-state index contributed by atoms with van der Waals surface area (Å²) in [6, 6.07) is -0.885. The zero-order valence-electron chi connectivity index (χ0n) is 9.64. The van der Waals surface area contributed by atoms with Crippen molar-refractivity contribution in [1.29, 1.82) is 0 Å². The van der Waals surface area contributed by atoms with E-state index in [4.69, 9.17) is 4.74 Å². The molecule has 5 nitrogen and oxygen atoms in total. The van der Waals surface area contributed by atoms with Gasteiger partial charge in [-0.05, 0) is 32.6 Å². The highest BCUT2D eigenvalue weighted by molar-refractivity contribution is 5.66. The number of hydrogen-bond acceptors (Lipinski definition) is 4. The van der Waals surface area contributed by atoms with Gasteiger partial charge in [-0.25, -0.2) is 0 Å². The molecule has 16 heavy (non-hydrogen) atoms. The van der Waals surface area contributed by atoms with Crippen LogP contribution in [-0.4, -0.2) is 23.0 Å². The Balaban J connectivity index is 2.77. The van der Waals surface area contributed by atoms with Crippen LogP contribution >= 0.6 is 0 Å². The Morgan fingerprint density at radius 1 is 1.56 bits per heavy atom. The van der Waals surface area contributed by atoms with Crippen LogP contribution in [0.2, 0.25) is 0 Å². The Bertz CT molecular complexity index is 311. The first kappa shape index (κ1) is 12.7. The van der Waals surface area contributed by atoms with E-state index in [9.17, 15) is 14.9 Å². The molecule has 0 aromatic heterocycles. The molecule has 0 heterocycles. The molecule has 0 spiro atoms. The van der Waals surface area contributed by atoms with Crippen LogP contribution in [0.4, 0.5) is 0 Å². The van der Waals surface area contributed by atoms with E-state index in [1.807, 2.05) is 6.08 Å². The Morgan fingerprint density at radius 3 is 2.69 bits per heavy atom. The lowest BCUT2D eigenvalue weighted by atomic mass is 9.92. The third-order valence-electron chi connectivity index (χ3n) is 2.73. The molecular weight excluding hydrogens is 210 g/mol. The monoisotopic (exact) mass is 227 g/mol. The predicted octanol–water partition coefficient (Wildman–Crippen LogP) is 2.08. The van der Waals surface area contributed by atoms with Crippen LogP contribution in [0.15, 0.2) is 11.6 Å². The average molecular weight is 227 g/mol. The van der Waals surface area contributed by atoms with Crippen LogP contribution in [0, 0.1) is 10.1 Å². The number of ether oxygens (including phenoxy) is 1. The van der Waals surface area contributed by atoms with Gasteiger partial charge in [0, 0.05) is 17.4 Å². The second kappa shape index (κ2) is 5.63. The Kier molecular flexibility index (Phi) is 4.46. The van der Waals surface area contributed by atoms with Crippen molar-refractivity contribution in [2.24, 2.45) is 0 Å². The zero-order chi connectivity index (χ0) is 12.1. The molecule has 1 aliphatic rings. The lowest BCUT2D eigenvalue weighted by Crippen LogP contribution is -2.36. The van der Waals surface area contributed by atoms with Crippen molar-refractivity contribution in [3.8, 4) is 0 Å². The van der Waals surface area contributed by atoms with Crippen LogP contribution in [0.3, 0.4) is 0 Å². The molecule has 0 aromatic rings. The Morgan fingerprint density at radius 2 is 2.25 bits per heavy atom. The van der Waals surface area contributed by atoms with E-state index in [1.54, 1.807) is 6.92 Å². The first-order valence-corrected chi connectivity index (χ1v) is 5.52. The number of carbonyl (C=O) groups is 1. The van der Waals surface area contributed by atoms with E-state index in [0.29, 0.717) is 0 Å². The number of nitro groups is 1. The lowest BCUT2D eigenvalue weighted by molar-refractivity contribution is -0.522. The fraction of sp³-hybridized carbons (Fsp3) is 0.727. The topological polar surface area (TPSA) is 69.4 Å². The number of esters is 1. The first-order chi connectivity index (χ1) is 7.52. The average Bonchev–Trinajstić information content (AvgIpc) is 2.17. The highest BCUT2D eigenvalue weighted by Crippen LogP contribution is 2.24. The predicted molar refractivity (Wildman–Crippen MR) is 58.6 cm³/mol. The van der Waals surface area contributed by atoms with Gasteiger partial charge in [0.05, 0.1) is 0 Å². The summed E-state index contributed by atoms with van der Waals surface area (Å²) in [5.74, 6) is -0.476. The summed E-state index contributed by atoms with van der Waals surface area (Å²) >= 11 is 0. The molecule has 0 saturated carbocycles. The molecule has 0 fully saturated rings. The number of hydrogen-bond donors (Lipinski definition) is 0. The van der Waals surface area contributed by atoms with E-state index < -0.39 is 18.1 Å². The third kappa shape index (κ3) is 3.32. The molecular formula is C11H17NO4. The fourth-order valence-corrected chi connectivity index (χ4v) is 2.07. The van der Waals surface area contributed by atoms with E-state index in [1.165, 1.54) is 6.92 Å². The minimum Gasteiger partial charge on any atom is -0.455 e. The van der Waals surface area contributed by atoms with E-state index in [0.717, 1.165) is 31.3 Å². The van der Waals surface area contributed by atoms with Crippen molar-refractivity contribution in [2.45, 2.75) is 51.7 Å². The van der Waals surface area contributed by atoms with Gasteiger partial charge in [-0.3, -0.25) is 14.9 Å². The Labute approximate surface area is 94.6 Å². The van der Waals surface area contributed by atoms with E-state index in [2.05, 4.69) is 0 Å². The normalized spacial score (nSPS) is 19.5. The summed E-state index contributed by atoms with van der Waals surface area (Å²) < 4.78 is 4.91. The van der Waals surface area contributed by atoms with Crippen LogP contribution in [0.5, 0.6) is 0 Å². The molecule has 1 aliphatic carbocycles. The highest BCUT2D eigenvalue weighted by atomic mass is 16.6. The fourth-order valence-electron chi connectivity index (χ4n) is 2.07. The quantitative estimate of drug-likeness (QED) is 0.319. The summed E-state index contributed by atoms with van der Waals surface area (Å²) in [6.07, 6.45) is 4.89. The van der Waals surface area contributed by atoms with Crippen molar-refractivity contribution < 1.29 is 14.5 Å². The van der Waals surface area contributed by atoms with Crippen molar-refractivity contribution >= 4 is 5.97 Å².